The monoisotopic (exact) mass is 455 g/mol. The predicted octanol–water partition coefficient (Wildman–Crippen LogP) is 5.69. The van der Waals surface area contributed by atoms with Crippen molar-refractivity contribution in [3.05, 3.63) is 58.3 Å². The Kier molecular flexibility index (Phi) is 6.71. The molecular formula is C22H24F3NO6. The summed E-state index contributed by atoms with van der Waals surface area (Å²) in [5.74, 6) is -0.746. The van der Waals surface area contributed by atoms with Crippen molar-refractivity contribution in [1.29, 1.82) is 0 Å². The molecule has 1 heterocycles. The molecule has 3 rings (SSSR count). The first kappa shape index (κ1) is 23.5. The van der Waals surface area contributed by atoms with Gasteiger partial charge in [-0.25, -0.2) is 9.59 Å². The van der Waals surface area contributed by atoms with Gasteiger partial charge < -0.3 is 23.8 Å². The molecule has 1 fully saturated rings. The highest BCUT2D eigenvalue weighted by Crippen LogP contribution is 2.47. The van der Waals surface area contributed by atoms with Crippen LogP contribution in [0.3, 0.4) is 0 Å². The maximum absolute atomic E-state index is 13.1. The van der Waals surface area contributed by atoms with Gasteiger partial charge in [-0.15, -0.1) is 0 Å². The van der Waals surface area contributed by atoms with Crippen molar-refractivity contribution < 1.29 is 41.7 Å². The van der Waals surface area contributed by atoms with Gasteiger partial charge in [0.05, 0.1) is 30.7 Å². The number of hydrogen-bond donors (Lipinski definition) is 0. The van der Waals surface area contributed by atoms with E-state index in [1.165, 1.54) is 12.1 Å². The summed E-state index contributed by atoms with van der Waals surface area (Å²) in [7, 11) is 1.14. The van der Waals surface area contributed by atoms with Crippen molar-refractivity contribution in [2.24, 2.45) is 0 Å². The van der Waals surface area contributed by atoms with E-state index in [0.717, 1.165) is 32.1 Å². The van der Waals surface area contributed by atoms with Crippen LogP contribution in [-0.2, 0) is 25.1 Å². The minimum atomic E-state index is -4.51. The van der Waals surface area contributed by atoms with Crippen LogP contribution in [-0.4, -0.2) is 37.0 Å². The smallest absolute Gasteiger partial charge is 0.437 e. The standard InChI is InChI=1S/C22H24F3NO6/c1-5-30-21(28)32-19-13(3)26(16-10-11-16)12(2)18(31-20(27)29-4)17(19)14-6-8-15(9-7-14)22(23,24)25/h6-9,16-17H,5,10-11H2,1-4H3. The number of rotatable bonds is 5. The van der Waals surface area contributed by atoms with Crippen LogP contribution in [0.2, 0.25) is 0 Å². The Morgan fingerprint density at radius 2 is 1.53 bits per heavy atom. The molecule has 7 nitrogen and oxygen atoms in total. The van der Waals surface area contributed by atoms with E-state index in [0.29, 0.717) is 17.0 Å². The van der Waals surface area contributed by atoms with Crippen LogP contribution < -0.4 is 0 Å². The highest BCUT2D eigenvalue weighted by molar-refractivity contribution is 5.65. The minimum absolute atomic E-state index is 0.0723. The van der Waals surface area contributed by atoms with Crippen molar-refractivity contribution in [2.45, 2.75) is 51.7 Å². The highest BCUT2D eigenvalue weighted by atomic mass is 19.4. The van der Waals surface area contributed by atoms with Gasteiger partial charge in [-0.2, -0.15) is 13.2 Å². The average molecular weight is 455 g/mol. The predicted molar refractivity (Wildman–Crippen MR) is 106 cm³/mol. The van der Waals surface area contributed by atoms with Gasteiger partial charge >= 0.3 is 18.5 Å². The fraction of sp³-hybridized carbons (Fsp3) is 0.455. The molecule has 0 spiro atoms. The molecule has 1 unspecified atom stereocenters. The summed E-state index contributed by atoms with van der Waals surface area (Å²) in [6.45, 7) is 5.16. The van der Waals surface area contributed by atoms with Crippen LogP contribution in [0.5, 0.6) is 0 Å². The summed E-state index contributed by atoms with van der Waals surface area (Å²) in [5, 5.41) is 0. The SMILES string of the molecule is CCOC(=O)OC1=C(C)N(C2CC2)C(C)=C(OC(=O)OC)C1c1ccc(C(F)(F)F)cc1. The molecule has 1 aliphatic heterocycles. The Labute approximate surface area is 183 Å². The lowest BCUT2D eigenvalue weighted by Gasteiger charge is -2.37. The van der Waals surface area contributed by atoms with Crippen molar-refractivity contribution in [2.75, 3.05) is 13.7 Å². The van der Waals surface area contributed by atoms with Gasteiger partial charge in [0.15, 0.2) is 0 Å². The number of hydrogen-bond acceptors (Lipinski definition) is 7. The molecule has 10 heteroatoms. The molecule has 0 saturated heterocycles. The van der Waals surface area contributed by atoms with E-state index in [1.54, 1.807) is 20.8 Å². The van der Waals surface area contributed by atoms with Crippen molar-refractivity contribution in [3.63, 3.8) is 0 Å². The number of allylic oxidation sites excluding steroid dienone is 2. The lowest BCUT2D eigenvalue weighted by molar-refractivity contribution is -0.137. The molecular weight excluding hydrogens is 431 g/mol. The molecule has 2 aliphatic rings. The van der Waals surface area contributed by atoms with Gasteiger partial charge in [0, 0.05) is 6.04 Å². The number of nitrogens with zero attached hydrogens (tertiary/aromatic N) is 1. The third-order valence-corrected chi connectivity index (χ3v) is 5.26. The molecule has 0 N–H and O–H groups in total. The maximum atomic E-state index is 13.1. The molecule has 0 amide bonds. The van der Waals surface area contributed by atoms with Gasteiger partial charge in [0.25, 0.3) is 0 Å². The van der Waals surface area contributed by atoms with Gasteiger partial charge in [0.2, 0.25) is 0 Å². The van der Waals surface area contributed by atoms with Crippen molar-refractivity contribution >= 4 is 12.3 Å². The molecule has 1 aromatic carbocycles. The summed E-state index contributed by atoms with van der Waals surface area (Å²) in [4.78, 5) is 26.1. The molecule has 1 saturated carbocycles. The van der Waals surface area contributed by atoms with Crippen LogP contribution in [0.25, 0.3) is 0 Å². The van der Waals surface area contributed by atoms with E-state index >= 15 is 0 Å². The molecule has 1 aromatic rings. The van der Waals surface area contributed by atoms with Crippen LogP contribution in [0.1, 0.15) is 50.7 Å². The second-order valence-electron chi connectivity index (χ2n) is 7.39. The van der Waals surface area contributed by atoms with Crippen LogP contribution in [0.15, 0.2) is 47.2 Å². The molecule has 32 heavy (non-hydrogen) atoms. The molecule has 1 aliphatic carbocycles. The number of methoxy groups -OCH3 is 1. The van der Waals surface area contributed by atoms with Crippen LogP contribution in [0.4, 0.5) is 22.8 Å². The normalized spacial score (nSPS) is 19.1. The Morgan fingerprint density at radius 3 is 1.97 bits per heavy atom. The van der Waals surface area contributed by atoms with E-state index in [2.05, 4.69) is 4.74 Å². The zero-order valence-electron chi connectivity index (χ0n) is 18.1. The maximum Gasteiger partial charge on any atom is 0.513 e. The van der Waals surface area contributed by atoms with Gasteiger partial charge in [-0.05, 0) is 51.3 Å². The molecule has 1 atom stereocenters. The molecule has 174 valence electrons. The number of alkyl halides is 3. The summed E-state index contributed by atoms with van der Waals surface area (Å²) < 4.78 is 59.7. The first-order valence-electron chi connectivity index (χ1n) is 10.1. The topological polar surface area (TPSA) is 74.3 Å². The van der Waals surface area contributed by atoms with E-state index in [9.17, 15) is 22.8 Å². The number of carbonyl (C=O) groups excluding carboxylic acids is 2. The fourth-order valence-electron chi connectivity index (χ4n) is 3.71. The van der Waals surface area contributed by atoms with Crippen molar-refractivity contribution in [3.8, 4) is 0 Å². The Hall–Kier alpha value is -3.17. The molecule has 0 radical (unpaired) electrons. The Morgan fingerprint density at radius 1 is 1.00 bits per heavy atom. The zero-order chi connectivity index (χ0) is 23.6. The van der Waals surface area contributed by atoms with Gasteiger partial charge in [0.1, 0.15) is 17.4 Å². The molecule has 0 aromatic heterocycles. The quantitative estimate of drug-likeness (QED) is 0.529. The largest absolute Gasteiger partial charge is 0.513 e. The van der Waals surface area contributed by atoms with Gasteiger partial charge in [-0.1, -0.05) is 12.1 Å². The third kappa shape index (κ3) is 4.84. The summed E-state index contributed by atoms with van der Waals surface area (Å²) in [5.41, 5.74) is 0.670. The fourth-order valence-corrected chi connectivity index (χ4v) is 3.71. The minimum Gasteiger partial charge on any atom is -0.437 e. The van der Waals surface area contributed by atoms with Crippen molar-refractivity contribution in [1.82, 2.24) is 4.90 Å². The molecule has 0 bridgehead atoms. The van der Waals surface area contributed by atoms with E-state index in [1.807, 2.05) is 4.90 Å². The lowest BCUT2D eigenvalue weighted by atomic mass is 9.89. The summed E-state index contributed by atoms with van der Waals surface area (Å²) in [6, 6.07) is 4.49. The lowest BCUT2D eigenvalue weighted by Crippen LogP contribution is -2.34. The van der Waals surface area contributed by atoms with E-state index in [4.69, 9.17) is 14.2 Å². The zero-order valence-corrected chi connectivity index (χ0v) is 18.1. The third-order valence-electron chi connectivity index (χ3n) is 5.26. The van der Waals surface area contributed by atoms with Crippen LogP contribution >= 0.6 is 0 Å². The average Bonchev–Trinajstić information content (AvgIpc) is 3.56. The van der Waals surface area contributed by atoms with Gasteiger partial charge in [-0.3, -0.25) is 0 Å². The number of carbonyl (C=O) groups is 2. The first-order chi connectivity index (χ1) is 15.1. The number of ether oxygens (including phenoxy) is 4. The van der Waals surface area contributed by atoms with E-state index in [-0.39, 0.29) is 24.2 Å². The summed E-state index contributed by atoms with van der Waals surface area (Å²) >= 11 is 0. The number of halogens is 3. The number of benzene rings is 1. The van der Waals surface area contributed by atoms with E-state index < -0.39 is 30.0 Å². The van der Waals surface area contributed by atoms with Crippen LogP contribution in [0, 0.1) is 0 Å². The Bertz CT molecular complexity index is 947. The summed E-state index contributed by atoms with van der Waals surface area (Å²) in [6.07, 6.45) is -4.70. The first-order valence-corrected chi connectivity index (χ1v) is 10.1. The second-order valence-corrected chi connectivity index (χ2v) is 7.39. The highest BCUT2D eigenvalue weighted by Gasteiger charge is 2.43. The second kappa shape index (κ2) is 9.13. The Balaban J connectivity index is 2.13.